The molecule has 0 atom stereocenters. The van der Waals surface area contributed by atoms with Crippen molar-refractivity contribution in [3.63, 3.8) is 0 Å². The van der Waals surface area contributed by atoms with E-state index >= 15 is 0 Å². The first-order valence-electron chi connectivity index (χ1n) is 5.13. The summed E-state index contributed by atoms with van der Waals surface area (Å²) in [7, 11) is 5.92. The average molecular weight is 201 g/mol. The lowest BCUT2D eigenvalue weighted by Crippen LogP contribution is -2.38. The summed E-state index contributed by atoms with van der Waals surface area (Å²) >= 11 is 0. The van der Waals surface area contributed by atoms with Gasteiger partial charge in [0.1, 0.15) is 0 Å². The Morgan fingerprint density at radius 1 is 1.14 bits per heavy atom. The molecule has 1 amide bonds. The van der Waals surface area contributed by atoms with E-state index in [1.807, 2.05) is 21.1 Å². The van der Waals surface area contributed by atoms with Crippen molar-refractivity contribution in [1.29, 1.82) is 0 Å². The highest BCUT2D eigenvalue weighted by atomic mass is 16.2. The maximum absolute atomic E-state index is 10.9. The third-order valence-electron chi connectivity index (χ3n) is 2.38. The number of nitrogens with zero attached hydrogens (tertiary/aromatic N) is 3. The predicted molar refractivity (Wildman–Crippen MR) is 58.9 cm³/mol. The van der Waals surface area contributed by atoms with E-state index in [9.17, 15) is 4.79 Å². The van der Waals surface area contributed by atoms with Gasteiger partial charge in [0.2, 0.25) is 5.91 Å². The van der Waals surface area contributed by atoms with Crippen molar-refractivity contribution in [2.24, 2.45) is 0 Å². The topological polar surface area (TPSA) is 26.8 Å². The molecule has 14 heavy (non-hydrogen) atoms. The van der Waals surface area contributed by atoms with Crippen LogP contribution in [0.15, 0.2) is 0 Å². The van der Waals surface area contributed by atoms with Crippen molar-refractivity contribution in [2.45, 2.75) is 20.3 Å². The number of hydrazine groups is 1. The standard InChI is InChI=1S/C10H23N3O/c1-6-13(11(3)4)9-7-8-12(5)10(2)14/h6-9H2,1-5H3. The average Bonchev–Trinajstić information content (AvgIpc) is 2.11. The van der Waals surface area contributed by atoms with Gasteiger partial charge in [-0.2, -0.15) is 0 Å². The zero-order valence-electron chi connectivity index (χ0n) is 10.1. The molecule has 0 unspecified atom stereocenters. The normalized spacial score (nSPS) is 11.1. The molecule has 0 fully saturated rings. The number of hydrogen-bond acceptors (Lipinski definition) is 3. The molecule has 0 bridgehead atoms. The molecule has 0 radical (unpaired) electrons. The summed E-state index contributed by atoms with van der Waals surface area (Å²) < 4.78 is 0. The summed E-state index contributed by atoms with van der Waals surface area (Å²) in [6.07, 6.45) is 1.02. The van der Waals surface area contributed by atoms with Crippen molar-refractivity contribution in [2.75, 3.05) is 40.8 Å². The Hall–Kier alpha value is -0.610. The van der Waals surface area contributed by atoms with Gasteiger partial charge in [0.25, 0.3) is 0 Å². The predicted octanol–water partition coefficient (Wildman–Crippen LogP) is 0.653. The van der Waals surface area contributed by atoms with Crippen LogP contribution in [0.25, 0.3) is 0 Å². The molecule has 84 valence electrons. The SMILES string of the molecule is CCN(CCCN(C)C(C)=O)N(C)C. The highest BCUT2D eigenvalue weighted by Gasteiger charge is 2.06. The van der Waals surface area contributed by atoms with Crippen LogP contribution in [0.2, 0.25) is 0 Å². The highest BCUT2D eigenvalue weighted by molar-refractivity contribution is 5.72. The zero-order valence-corrected chi connectivity index (χ0v) is 10.1. The lowest BCUT2D eigenvalue weighted by Gasteiger charge is -2.28. The first-order valence-corrected chi connectivity index (χ1v) is 5.13. The Morgan fingerprint density at radius 2 is 1.71 bits per heavy atom. The van der Waals surface area contributed by atoms with Gasteiger partial charge in [-0.05, 0) is 6.42 Å². The molecule has 0 saturated heterocycles. The molecule has 0 saturated carbocycles. The Bertz CT molecular complexity index is 171. The summed E-state index contributed by atoms with van der Waals surface area (Å²) in [6.45, 7) is 6.58. The lowest BCUT2D eigenvalue weighted by atomic mass is 10.3. The molecule has 4 nitrogen and oxygen atoms in total. The summed E-state index contributed by atoms with van der Waals surface area (Å²) in [5, 5.41) is 4.34. The molecule has 4 heteroatoms. The molecule has 0 aliphatic rings. The van der Waals surface area contributed by atoms with Gasteiger partial charge in [-0.15, -0.1) is 0 Å². The third-order valence-corrected chi connectivity index (χ3v) is 2.38. The van der Waals surface area contributed by atoms with Crippen LogP contribution in [-0.2, 0) is 4.79 Å². The number of hydrogen-bond donors (Lipinski definition) is 0. The smallest absolute Gasteiger partial charge is 0.219 e. The first kappa shape index (κ1) is 13.4. The fourth-order valence-electron chi connectivity index (χ4n) is 1.29. The van der Waals surface area contributed by atoms with E-state index < -0.39 is 0 Å². The number of carbonyl (C=O) groups is 1. The summed E-state index contributed by atoms with van der Waals surface area (Å²) in [4.78, 5) is 12.7. The lowest BCUT2D eigenvalue weighted by molar-refractivity contribution is -0.127. The van der Waals surface area contributed by atoms with Gasteiger partial charge < -0.3 is 4.90 Å². The van der Waals surface area contributed by atoms with Gasteiger partial charge in [0, 0.05) is 47.7 Å². The van der Waals surface area contributed by atoms with Crippen molar-refractivity contribution in [3.05, 3.63) is 0 Å². The quantitative estimate of drug-likeness (QED) is 0.590. The Labute approximate surface area is 87.4 Å². The van der Waals surface area contributed by atoms with Crippen molar-refractivity contribution in [1.82, 2.24) is 14.9 Å². The number of rotatable bonds is 6. The van der Waals surface area contributed by atoms with Crippen LogP contribution < -0.4 is 0 Å². The minimum atomic E-state index is 0.137. The first-order chi connectivity index (χ1) is 6.49. The number of carbonyl (C=O) groups excluding carboxylic acids is 1. The molecule has 0 aromatic heterocycles. The monoisotopic (exact) mass is 201 g/mol. The van der Waals surface area contributed by atoms with Gasteiger partial charge in [0.05, 0.1) is 0 Å². The maximum Gasteiger partial charge on any atom is 0.219 e. The maximum atomic E-state index is 10.9. The van der Waals surface area contributed by atoms with Gasteiger partial charge in [-0.25, -0.2) is 10.0 Å². The van der Waals surface area contributed by atoms with Gasteiger partial charge in [-0.3, -0.25) is 4.79 Å². The molecule has 0 aliphatic carbocycles. The second-order valence-electron chi connectivity index (χ2n) is 3.69. The molecule has 0 spiro atoms. The van der Waals surface area contributed by atoms with Gasteiger partial charge in [0.15, 0.2) is 0 Å². The van der Waals surface area contributed by atoms with E-state index in [0.717, 1.165) is 26.1 Å². The van der Waals surface area contributed by atoms with Crippen LogP contribution in [0.4, 0.5) is 0 Å². The van der Waals surface area contributed by atoms with E-state index in [0.29, 0.717) is 0 Å². The van der Waals surface area contributed by atoms with Gasteiger partial charge >= 0.3 is 0 Å². The summed E-state index contributed by atoms with van der Waals surface area (Å²) in [5.74, 6) is 0.137. The fraction of sp³-hybridized carbons (Fsp3) is 0.900. The summed E-state index contributed by atoms with van der Waals surface area (Å²) in [5.41, 5.74) is 0. The van der Waals surface area contributed by atoms with Gasteiger partial charge in [-0.1, -0.05) is 6.92 Å². The van der Waals surface area contributed by atoms with Crippen molar-refractivity contribution >= 4 is 5.91 Å². The fourth-order valence-corrected chi connectivity index (χ4v) is 1.29. The molecule has 0 aromatic carbocycles. The molecule has 0 aliphatic heterocycles. The molecule has 0 aromatic rings. The molecular formula is C10H23N3O. The molecule has 0 N–H and O–H groups in total. The van der Waals surface area contributed by atoms with E-state index in [1.165, 1.54) is 0 Å². The van der Waals surface area contributed by atoms with E-state index in [-0.39, 0.29) is 5.91 Å². The highest BCUT2D eigenvalue weighted by Crippen LogP contribution is 1.95. The Balaban J connectivity index is 3.66. The molecule has 0 heterocycles. The Kier molecular flexibility index (Phi) is 6.49. The van der Waals surface area contributed by atoms with E-state index in [1.54, 1.807) is 11.8 Å². The van der Waals surface area contributed by atoms with Crippen LogP contribution in [-0.4, -0.2) is 61.6 Å². The van der Waals surface area contributed by atoms with Crippen LogP contribution >= 0.6 is 0 Å². The Morgan fingerprint density at radius 3 is 2.07 bits per heavy atom. The van der Waals surface area contributed by atoms with Crippen LogP contribution in [0.5, 0.6) is 0 Å². The summed E-state index contributed by atoms with van der Waals surface area (Å²) in [6, 6.07) is 0. The molecule has 0 rings (SSSR count). The molecular weight excluding hydrogens is 178 g/mol. The number of amides is 1. The zero-order chi connectivity index (χ0) is 11.1. The minimum Gasteiger partial charge on any atom is -0.346 e. The second-order valence-corrected chi connectivity index (χ2v) is 3.69. The van der Waals surface area contributed by atoms with E-state index in [4.69, 9.17) is 0 Å². The van der Waals surface area contributed by atoms with Crippen LogP contribution in [0, 0.1) is 0 Å². The van der Waals surface area contributed by atoms with E-state index in [2.05, 4.69) is 16.9 Å². The largest absolute Gasteiger partial charge is 0.346 e. The third kappa shape index (κ3) is 5.19. The van der Waals surface area contributed by atoms with Crippen molar-refractivity contribution < 1.29 is 4.79 Å². The minimum absolute atomic E-state index is 0.137. The van der Waals surface area contributed by atoms with Crippen LogP contribution in [0.3, 0.4) is 0 Å². The van der Waals surface area contributed by atoms with Crippen molar-refractivity contribution in [3.8, 4) is 0 Å². The second kappa shape index (κ2) is 6.79. The van der Waals surface area contributed by atoms with Crippen LogP contribution in [0.1, 0.15) is 20.3 Å².